The molecule has 0 fully saturated rings. The van der Waals surface area contributed by atoms with Crippen LogP contribution in [-0.4, -0.2) is 0 Å². The molecule has 0 radical (unpaired) electrons. The summed E-state index contributed by atoms with van der Waals surface area (Å²) in [7, 11) is 0. The maximum absolute atomic E-state index is 13.2. The van der Waals surface area contributed by atoms with E-state index in [9.17, 15) is 13.2 Å². The first-order valence-electron chi connectivity index (χ1n) is 4.79. The van der Waals surface area contributed by atoms with Crippen LogP contribution in [0.15, 0.2) is 52.7 Å². The second-order valence-corrected chi connectivity index (χ2v) is 3.22. The van der Waals surface area contributed by atoms with Gasteiger partial charge in [0.15, 0.2) is 23.1 Å². The number of hydrogen-bond donors (Lipinski definition) is 0. The third kappa shape index (κ3) is 2.50. The first-order chi connectivity index (χ1) is 8.18. The summed E-state index contributed by atoms with van der Waals surface area (Å²) in [5.74, 6) is -2.29. The van der Waals surface area contributed by atoms with Gasteiger partial charge in [0.1, 0.15) is 5.69 Å². The van der Waals surface area contributed by atoms with Crippen LogP contribution >= 0.6 is 0 Å². The van der Waals surface area contributed by atoms with Crippen molar-refractivity contribution in [1.29, 1.82) is 0 Å². The van der Waals surface area contributed by atoms with Crippen molar-refractivity contribution in [2.75, 3.05) is 0 Å². The molecule has 2 aromatic rings. The van der Waals surface area contributed by atoms with E-state index in [1.165, 1.54) is 24.3 Å². The molecule has 0 aliphatic heterocycles. The zero-order chi connectivity index (χ0) is 12.3. The maximum atomic E-state index is 13.2. The maximum Gasteiger partial charge on any atom is 0.157 e. The first kappa shape index (κ1) is 11.3. The zero-order valence-electron chi connectivity index (χ0n) is 8.57. The molecule has 2 rings (SSSR count). The third-order valence-corrected chi connectivity index (χ3v) is 2.05. The normalized spacial score (nSPS) is 11.0. The fourth-order valence-corrected chi connectivity index (χ4v) is 1.22. The number of benzene rings is 2. The van der Waals surface area contributed by atoms with E-state index in [0.29, 0.717) is 0 Å². The van der Waals surface area contributed by atoms with Gasteiger partial charge in [0.2, 0.25) is 0 Å². The van der Waals surface area contributed by atoms with Crippen molar-refractivity contribution in [1.82, 2.24) is 0 Å². The Morgan fingerprint density at radius 1 is 0.647 bits per heavy atom. The van der Waals surface area contributed by atoms with Crippen LogP contribution in [0.25, 0.3) is 0 Å². The van der Waals surface area contributed by atoms with Gasteiger partial charge in [-0.2, -0.15) is 0 Å². The predicted octanol–water partition coefficient (Wildman–Crippen LogP) is 4.52. The Balaban J connectivity index is 2.36. The SMILES string of the molecule is Fc1ccccc1N=Nc1c(F)cccc1F. The Bertz CT molecular complexity index is 547. The lowest BCUT2D eigenvalue weighted by Gasteiger charge is -1.97. The standard InChI is InChI=1S/C12H7F3N2/c13-8-4-1-2-7-11(8)16-17-12-9(14)5-3-6-10(12)15/h1-7H. The molecule has 0 bridgehead atoms. The van der Waals surface area contributed by atoms with Crippen molar-refractivity contribution in [2.24, 2.45) is 10.2 Å². The third-order valence-electron chi connectivity index (χ3n) is 2.05. The van der Waals surface area contributed by atoms with Crippen LogP contribution in [0, 0.1) is 17.5 Å². The van der Waals surface area contributed by atoms with Gasteiger partial charge in [0.05, 0.1) is 0 Å². The molecule has 0 saturated carbocycles. The van der Waals surface area contributed by atoms with E-state index >= 15 is 0 Å². The second-order valence-electron chi connectivity index (χ2n) is 3.22. The van der Waals surface area contributed by atoms with Crippen LogP contribution in [0.5, 0.6) is 0 Å². The smallest absolute Gasteiger partial charge is 0.157 e. The Hall–Kier alpha value is -2.17. The molecule has 0 aliphatic rings. The summed E-state index contributed by atoms with van der Waals surface area (Å²) in [6, 6.07) is 8.90. The molecule has 0 amide bonds. The summed E-state index contributed by atoms with van der Waals surface area (Å²) in [6.45, 7) is 0. The van der Waals surface area contributed by atoms with Gasteiger partial charge in [-0.05, 0) is 24.3 Å². The summed E-state index contributed by atoms with van der Waals surface area (Å²) in [5.41, 5.74) is -0.606. The fourth-order valence-electron chi connectivity index (χ4n) is 1.22. The van der Waals surface area contributed by atoms with E-state index in [1.54, 1.807) is 6.07 Å². The summed E-state index contributed by atoms with van der Waals surface area (Å²) >= 11 is 0. The summed E-state index contributed by atoms with van der Waals surface area (Å²) in [5, 5.41) is 6.84. The average Bonchev–Trinajstić information content (AvgIpc) is 2.30. The van der Waals surface area contributed by atoms with E-state index in [1.807, 2.05) is 0 Å². The molecule has 0 saturated heterocycles. The van der Waals surface area contributed by atoms with Crippen LogP contribution in [0.2, 0.25) is 0 Å². The van der Waals surface area contributed by atoms with E-state index in [-0.39, 0.29) is 5.69 Å². The number of halogens is 3. The van der Waals surface area contributed by atoms with Crippen LogP contribution in [0.4, 0.5) is 24.5 Å². The highest BCUT2D eigenvalue weighted by molar-refractivity contribution is 5.42. The molecule has 2 aromatic carbocycles. The zero-order valence-corrected chi connectivity index (χ0v) is 8.57. The van der Waals surface area contributed by atoms with E-state index in [0.717, 1.165) is 12.1 Å². The number of nitrogens with zero attached hydrogens (tertiary/aromatic N) is 2. The van der Waals surface area contributed by atoms with E-state index in [2.05, 4.69) is 10.2 Å². The summed E-state index contributed by atoms with van der Waals surface area (Å²) in [4.78, 5) is 0. The summed E-state index contributed by atoms with van der Waals surface area (Å²) < 4.78 is 39.5. The highest BCUT2D eigenvalue weighted by atomic mass is 19.1. The minimum atomic E-state index is -0.843. The van der Waals surface area contributed by atoms with Crippen LogP contribution < -0.4 is 0 Å². The van der Waals surface area contributed by atoms with Gasteiger partial charge in [-0.1, -0.05) is 18.2 Å². The van der Waals surface area contributed by atoms with E-state index < -0.39 is 23.1 Å². The quantitative estimate of drug-likeness (QED) is 0.685. The molecule has 17 heavy (non-hydrogen) atoms. The van der Waals surface area contributed by atoms with Gasteiger partial charge in [0, 0.05) is 0 Å². The number of azo groups is 1. The number of hydrogen-bond acceptors (Lipinski definition) is 2. The second kappa shape index (κ2) is 4.78. The van der Waals surface area contributed by atoms with Gasteiger partial charge in [-0.3, -0.25) is 0 Å². The van der Waals surface area contributed by atoms with Gasteiger partial charge < -0.3 is 0 Å². The molecular formula is C12H7F3N2. The topological polar surface area (TPSA) is 24.7 Å². The highest BCUT2D eigenvalue weighted by Gasteiger charge is 2.07. The Morgan fingerprint density at radius 3 is 1.88 bits per heavy atom. The lowest BCUT2D eigenvalue weighted by Crippen LogP contribution is -1.80. The molecule has 0 heterocycles. The van der Waals surface area contributed by atoms with Gasteiger partial charge >= 0.3 is 0 Å². The average molecular weight is 236 g/mol. The molecular weight excluding hydrogens is 229 g/mol. The van der Waals surface area contributed by atoms with E-state index in [4.69, 9.17) is 0 Å². The highest BCUT2D eigenvalue weighted by Crippen LogP contribution is 2.25. The Morgan fingerprint density at radius 2 is 1.24 bits per heavy atom. The van der Waals surface area contributed by atoms with Crippen LogP contribution in [0.1, 0.15) is 0 Å². The molecule has 0 unspecified atom stereocenters. The van der Waals surface area contributed by atoms with Crippen molar-refractivity contribution in [3.05, 3.63) is 59.9 Å². The largest absolute Gasteiger partial charge is 0.205 e. The van der Waals surface area contributed by atoms with Crippen molar-refractivity contribution in [2.45, 2.75) is 0 Å². The van der Waals surface area contributed by atoms with Gasteiger partial charge in [0.25, 0.3) is 0 Å². The van der Waals surface area contributed by atoms with Crippen molar-refractivity contribution in [3.63, 3.8) is 0 Å². The molecule has 0 N–H and O–H groups in total. The molecule has 0 spiro atoms. The molecule has 0 aromatic heterocycles. The first-order valence-corrected chi connectivity index (χ1v) is 4.79. The summed E-state index contributed by atoms with van der Waals surface area (Å²) in [6.07, 6.45) is 0. The predicted molar refractivity (Wildman–Crippen MR) is 56.9 cm³/mol. The van der Waals surface area contributed by atoms with Gasteiger partial charge in [-0.15, -0.1) is 10.2 Å². The van der Waals surface area contributed by atoms with Crippen molar-refractivity contribution in [3.8, 4) is 0 Å². The number of rotatable bonds is 2. The monoisotopic (exact) mass is 236 g/mol. The lowest BCUT2D eigenvalue weighted by molar-refractivity contribution is 0.584. The minimum Gasteiger partial charge on any atom is -0.205 e. The molecule has 2 nitrogen and oxygen atoms in total. The molecule has 5 heteroatoms. The van der Waals surface area contributed by atoms with Crippen LogP contribution in [-0.2, 0) is 0 Å². The molecule has 0 aliphatic carbocycles. The van der Waals surface area contributed by atoms with Crippen molar-refractivity contribution < 1.29 is 13.2 Å². The fraction of sp³-hybridized carbons (Fsp3) is 0. The van der Waals surface area contributed by atoms with Crippen molar-refractivity contribution >= 4 is 11.4 Å². The Labute approximate surface area is 95.4 Å². The molecule has 86 valence electrons. The van der Waals surface area contributed by atoms with Gasteiger partial charge in [-0.25, -0.2) is 13.2 Å². The van der Waals surface area contributed by atoms with Crippen LogP contribution in [0.3, 0.4) is 0 Å². The minimum absolute atomic E-state index is 0.0739. The molecule has 0 atom stereocenters. The lowest BCUT2D eigenvalue weighted by atomic mass is 10.3. The Kier molecular flexibility index (Phi) is 3.18.